The van der Waals surface area contributed by atoms with Gasteiger partial charge in [0.1, 0.15) is 16.5 Å². The molecule has 8 heteroatoms. The quantitative estimate of drug-likeness (QED) is 0.701. The predicted octanol–water partition coefficient (Wildman–Crippen LogP) is 2.85. The molecular weight excluding hydrogens is 382 g/mol. The zero-order valence-electron chi connectivity index (χ0n) is 16.5. The fourth-order valence-corrected chi connectivity index (χ4v) is 6.80. The summed E-state index contributed by atoms with van der Waals surface area (Å²) < 4.78 is 38.2. The van der Waals surface area contributed by atoms with Gasteiger partial charge in [-0.05, 0) is 46.1 Å². The van der Waals surface area contributed by atoms with Crippen LogP contribution in [-0.4, -0.2) is 53.7 Å². The number of Topliss-reactive ketones (excluding diaryl/α,β-unsaturated/α-hetero) is 1. The molecule has 3 heterocycles. The summed E-state index contributed by atoms with van der Waals surface area (Å²) in [5.41, 5.74) is 0.00801. The summed E-state index contributed by atoms with van der Waals surface area (Å²) in [7, 11) is -3.81. The van der Waals surface area contributed by atoms with Crippen molar-refractivity contribution in [2.45, 2.75) is 69.0 Å². The molecule has 1 aromatic carbocycles. The maximum atomic E-state index is 13.0. The Morgan fingerprint density at radius 2 is 1.86 bits per heavy atom. The molecule has 2 bridgehead atoms. The average Bonchev–Trinajstić information content (AvgIpc) is 3.20. The van der Waals surface area contributed by atoms with E-state index in [1.807, 2.05) is 12.1 Å². The smallest absolute Gasteiger partial charge is 0.424 e. The lowest BCUT2D eigenvalue weighted by atomic mass is 9.77. The molecule has 152 valence electrons. The molecular formula is C20H25NO6S. The molecule has 0 saturated carbocycles. The first kappa shape index (κ1) is 19.4. The van der Waals surface area contributed by atoms with E-state index in [1.165, 1.54) is 6.92 Å². The van der Waals surface area contributed by atoms with E-state index in [1.54, 1.807) is 32.9 Å². The van der Waals surface area contributed by atoms with Gasteiger partial charge in [-0.1, -0.05) is 24.3 Å². The zero-order valence-corrected chi connectivity index (χ0v) is 17.3. The Morgan fingerprint density at radius 3 is 2.43 bits per heavy atom. The van der Waals surface area contributed by atoms with Crippen LogP contribution in [0, 0.1) is 0 Å². The van der Waals surface area contributed by atoms with E-state index in [0.29, 0.717) is 18.4 Å². The van der Waals surface area contributed by atoms with Crippen LogP contribution in [0.5, 0.6) is 0 Å². The molecule has 4 rings (SSSR count). The molecule has 1 spiro atoms. The van der Waals surface area contributed by atoms with Gasteiger partial charge in [-0.3, -0.25) is 4.79 Å². The third-order valence-electron chi connectivity index (χ3n) is 5.85. The van der Waals surface area contributed by atoms with Crippen molar-refractivity contribution in [3.05, 3.63) is 35.4 Å². The van der Waals surface area contributed by atoms with E-state index in [4.69, 9.17) is 9.47 Å². The Morgan fingerprint density at radius 1 is 1.21 bits per heavy atom. The first-order valence-electron chi connectivity index (χ1n) is 9.46. The van der Waals surface area contributed by atoms with Crippen LogP contribution in [0.4, 0.5) is 4.79 Å². The van der Waals surface area contributed by atoms with Crippen LogP contribution in [0.2, 0.25) is 0 Å². The maximum absolute atomic E-state index is 13.0. The van der Waals surface area contributed by atoms with Gasteiger partial charge in [0, 0.05) is 11.5 Å². The number of carbonyl (C=O) groups is 2. The first-order valence-corrected chi connectivity index (χ1v) is 11.0. The first-order chi connectivity index (χ1) is 12.9. The van der Waals surface area contributed by atoms with Crippen molar-refractivity contribution in [3.8, 4) is 0 Å². The van der Waals surface area contributed by atoms with Gasteiger partial charge in [-0.25, -0.2) is 17.5 Å². The number of ether oxygens (including phenoxy) is 2. The second-order valence-electron chi connectivity index (χ2n) is 8.97. The zero-order chi connectivity index (χ0) is 20.5. The van der Waals surface area contributed by atoms with Crippen LogP contribution in [0.3, 0.4) is 0 Å². The van der Waals surface area contributed by atoms with Gasteiger partial charge in [0.05, 0.1) is 12.6 Å². The highest BCUT2D eigenvalue weighted by Gasteiger charge is 2.69. The fraction of sp³-hybridized carbons (Fsp3) is 0.600. The van der Waals surface area contributed by atoms with E-state index >= 15 is 0 Å². The molecule has 7 nitrogen and oxygen atoms in total. The minimum atomic E-state index is -3.81. The van der Waals surface area contributed by atoms with Crippen molar-refractivity contribution in [1.82, 2.24) is 4.31 Å². The minimum absolute atomic E-state index is 0.00397. The molecule has 0 radical (unpaired) electrons. The van der Waals surface area contributed by atoms with Gasteiger partial charge in [0.2, 0.25) is 10.0 Å². The normalized spacial score (nSPS) is 33.0. The number of ketones is 1. The van der Waals surface area contributed by atoms with Gasteiger partial charge < -0.3 is 9.47 Å². The monoisotopic (exact) mass is 407 g/mol. The van der Waals surface area contributed by atoms with Crippen molar-refractivity contribution >= 4 is 21.9 Å². The van der Waals surface area contributed by atoms with Gasteiger partial charge in [0.15, 0.2) is 5.78 Å². The fourth-order valence-electron chi connectivity index (χ4n) is 4.64. The molecule has 0 aliphatic carbocycles. The number of amides is 1. The molecule has 0 unspecified atom stereocenters. The van der Waals surface area contributed by atoms with E-state index in [-0.39, 0.29) is 24.3 Å². The lowest BCUT2D eigenvalue weighted by Gasteiger charge is -2.26. The molecule has 4 atom stereocenters. The van der Waals surface area contributed by atoms with Crippen molar-refractivity contribution in [2.24, 2.45) is 0 Å². The summed E-state index contributed by atoms with van der Waals surface area (Å²) in [4.78, 5) is 24.0. The van der Waals surface area contributed by atoms with Gasteiger partial charge in [-0.15, -0.1) is 0 Å². The molecule has 0 N–H and O–H groups in total. The Hall–Kier alpha value is -1.93. The summed E-state index contributed by atoms with van der Waals surface area (Å²) in [6.45, 7) is 6.63. The lowest BCUT2D eigenvalue weighted by molar-refractivity contribution is 0.000350. The number of carbonyl (C=O) groups excluding carboxylic acids is 2. The van der Waals surface area contributed by atoms with E-state index < -0.39 is 32.6 Å². The van der Waals surface area contributed by atoms with Crippen LogP contribution in [0.15, 0.2) is 24.3 Å². The number of sulfonamides is 1. The van der Waals surface area contributed by atoms with E-state index in [9.17, 15) is 18.0 Å². The van der Waals surface area contributed by atoms with Crippen molar-refractivity contribution in [2.75, 3.05) is 6.54 Å². The third kappa shape index (κ3) is 2.93. The largest absolute Gasteiger partial charge is 0.443 e. The molecule has 3 fully saturated rings. The number of hydrogen-bond donors (Lipinski definition) is 0. The highest BCUT2D eigenvalue weighted by Crippen LogP contribution is 2.57. The van der Waals surface area contributed by atoms with E-state index in [2.05, 4.69) is 0 Å². The van der Waals surface area contributed by atoms with Gasteiger partial charge >= 0.3 is 6.09 Å². The van der Waals surface area contributed by atoms with Crippen LogP contribution < -0.4 is 0 Å². The summed E-state index contributed by atoms with van der Waals surface area (Å²) in [6, 6.07) is 7.40. The predicted molar refractivity (Wildman–Crippen MR) is 102 cm³/mol. The van der Waals surface area contributed by atoms with Crippen molar-refractivity contribution in [1.29, 1.82) is 0 Å². The Kier molecular flexibility index (Phi) is 4.18. The maximum Gasteiger partial charge on any atom is 0.424 e. The van der Waals surface area contributed by atoms with Gasteiger partial charge in [-0.2, -0.15) is 0 Å². The SMILES string of the molecule is CC(=O)c1ccc([C@H]2C[C@@]34CN(C(=O)OC(C)(C)C)S(=O)(=O)[C@H]3C[C@H]2O4)cc1. The number of fused-ring (bicyclic) bond motifs is 1. The highest BCUT2D eigenvalue weighted by molar-refractivity contribution is 7.90. The topological polar surface area (TPSA) is 90.0 Å². The second kappa shape index (κ2) is 6.03. The van der Waals surface area contributed by atoms with Crippen LogP contribution in [-0.2, 0) is 19.5 Å². The van der Waals surface area contributed by atoms with Crippen LogP contribution in [0.25, 0.3) is 0 Å². The molecule has 3 saturated heterocycles. The van der Waals surface area contributed by atoms with Crippen LogP contribution in [0.1, 0.15) is 62.4 Å². The number of hydrogen-bond acceptors (Lipinski definition) is 6. The number of benzene rings is 1. The second-order valence-corrected chi connectivity index (χ2v) is 11.0. The average molecular weight is 407 g/mol. The standard InChI is InChI=1S/C20H25NO6S/c1-12(22)13-5-7-14(8-6-13)15-10-20-11-21(18(23)27-19(2,3)4)28(24,25)17(20)9-16(15)26-20/h5-8,15-17H,9-11H2,1-4H3/t15-,16-,17+,20-/m1/s1. The summed E-state index contributed by atoms with van der Waals surface area (Å²) in [5, 5.41) is -0.717. The molecule has 1 amide bonds. The Balaban J connectivity index is 1.58. The van der Waals surface area contributed by atoms with Crippen molar-refractivity contribution < 1.29 is 27.5 Å². The summed E-state index contributed by atoms with van der Waals surface area (Å²) in [6.07, 6.45) is -0.157. The molecule has 28 heavy (non-hydrogen) atoms. The Bertz CT molecular complexity index is 932. The summed E-state index contributed by atoms with van der Waals surface area (Å²) >= 11 is 0. The molecule has 0 aromatic heterocycles. The number of rotatable bonds is 2. The Labute approximate surface area is 165 Å². The third-order valence-corrected chi connectivity index (χ3v) is 8.09. The van der Waals surface area contributed by atoms with Crippen molar-refractivity contribution in [3.63, 3.8) is 0 Å². The molecule has 3 aliphatic heterocycles. The minimum Gasteiger partial charge on any atom is -0.443 e. The summed E-state index contributed by atoms with van der Waals surface area (Å²) in [5.74, 6) is 0.0512. The number of nitrogens with zero attached hydrogens (tertiary/aromatic N) is 1. The molecule has 1 aromatic rings. The highest BCUT2D eigenvalue weighted by atomic mass is 32.2. The van der Waals surface area contributed by atoms with E-state index in [0.717, 1.165) is 9.87 Å². The van der Waals surface area contributed by atoms with Gasteiger partial charge in [0.25, 0.3) is 0 Å². The lowest BCUT2D eigenvalue weighted by Crippen LogP contribution is -2.40. The molecule has 3 aliphatic rings. The van der Waals surface area contributed by atoms with Crippen LogP contribution >= 0.6 is 0 Å².